The molecular weight excluding hydrogens is 418 g/mol. The summed E-state index contributed by atoms with van der Waals surface area (Å²) in [5.41, 5.74) is 2.78. The molecule has 0 aliphatic heterocycles. The Balaban J connectivity index is 1.69. The summed E-state index contributed by atoms with van der Waals surface area (Å²) in [7, 11) is 0. The lowest BCUT2D eigenvalue weighted by molar-refractivity contribution is 0.0967. The quantitative estimate of drug-likeness (QED) is 0.303. The van der Waals surface area contributed by atoms with Crippen molar-refractivity contribution in [3.05, 3.63) is 108 Å². The number of benzene rings is 4. The standard InChI is InChI=1S/C27H16ClN3O/c28-19-12-13-24-25(14-19)31(27(32)23-16-29-15-18-7-2-4-10-21(18)23)26(30-24)22-11-5-8-17-6-1-3-9-20(17)22/h1-16H. The van der Waals surface area contributed by atoms with Crippen molar-refractivity contribution < 1.29 is 4.79 Å². The van der Waals surface area contributed by atoms with Crippen molar-refractivity contribution in [2.75, 3.05) is 0 Å². The maximum absolute atomic E-state index is 14.0. The summed E-state index contributed by atoms with van der Waals surface area (Å²) in [4.78, 5) is 23.2. The topological polar surface area (TPSA) is 47.8 Å². The van der Waals surface area contributed by atoms with Gasteiger partial charge < -0.3 is 0 Å². The third-order valence-corrected chi connectivity index (χ3v) is 5.98. The molecule has 0 saturated carbocycles. The number of aromatic nitrogens is 3. The molecule has 0 unspecified atom stereocenters. The van der Waals surface area contributed by atoms with Crippen LogP contribution in [0.4, 0.5) is 0 Å². The minimum Gasteiger partial charge on any atom is -0.268 e. The monoisotopic (exact) mass is 433 g/mol. The summed E-state index contributed by atoms with van der Waals surface area (Å²) in [5, 5.41) is 4.42. The fourth-order valence-corrected chi connectivity index (χ4v) is 4.43. The molecule has 152 valence electrons. The maximum Gasteiger partial charge on any atom is 0.266 e. The first kappa shape index (κ1) is 18.7. The molecule has 6 aromatic rings. The van der Waals surface area contributed by atoms with Gasteiger partial charge in [0, 0.05) is 28.4 Å². The van der Waals surface area contributed by atoms with Crippen LogP contribution in [0.25, 0.3) is 44.0 Å². The van der Waals surface area contributed by atoms with E-state index in [0.29, 0.717) is 27.4 Å². The van der Waals surface area contributed by atoms with Gasteiger partial charge in [0.25, 0.3) is 5.91 Å². The SMILES string of the molecule is O=C(c1cncc2ccccc12)n1c(-c2cccc3ccccc23)nc2ccc(Cl)cc21. The first-order valence-corrected chi connectivity index (χ1v) is 10.6. The van der Waals surface area contributed by atoms with Crippen LogP contribution in [0.15, 0.2) is 97.3 Å². The largest absolute Gasteiger partial charge is 0.268 e. The Kier molecular flexibility index (Phi) is 4.27. The van der Waals surface area contributed by atoms with Crippen LogP contribution in [0.3, 0.4) is 0 Å². The summed E-state index contributed by atoms with van der Waals surface area (Å²) < 4.78 is 1.66. The van der Waals surface area contributed by atoms with Gasteiger partial charge >= 0.3 is 0 Å². The summed E-state index contributed by atoms with van der Waals surface area (Å²) in [6.45, 7) is 0. The second-order valence-electron chi connectivity index (χ2n) is 7.64. The highest BCUT2D eigenvalue weighted by Gasteiger charge is 2.22. The van der Waals surface area contributed by atoms with E-state index < -0.39 is 0 Å². The highest BCUT2D eigenvalue weighted by atomic mass is 35.5. The molecule has 0 saturated heterocycles. The number of rotatable bonds is 2. The van der Waals surface area contributed by atoms with Crippen LogP contribution in [0.1, 0.15) is 10.4 Å². The molecule has 4 aromatic carbocycles. The molecule has 0 radical (unpaired) electrons. The van der Waals surface area contributed by atoms with Crippen LogP contribution in [0.5, 0.6) is 0 Å². The fraction of sp³-hybridized carbons (Fsp3) is 0. The molecular formula is C27H16ClN3O. The first-order valence-electron chi connectivity index (χ1n) is 10.2. The average Bonchev–Trinajstić information content (AvgIpc) is 3.21. The number of nitrogens with zero attached hydrogens (tertiary/aromatic N) is 3. The Morgan fingerprint density at radius 1 is 0.781 bits per heavy atom. The Hall–Kier alpha value is -4.02. The van der Waals surface area contributed by atoms with E-state index in [1.165, 1.54) is 0 Å². The molecule has 0 N–H and O–H groups in total. The van der Waals surface area contributed by atoms with Gasteiger partial charge in [-0.2, -0.15) is 0 Å². The van der Waals surface area contributed by atoms with Crippen molar-refractivity contribution >= 4 is 50.1 Å². The average molecular weight is 434 g/mol. The molecule has 2 heterocycles. The van der Waals surface area contributed by atoms with Gasteiger partial charge in [-0.15, -0.1) is 0 Å². The van der Waals surface area contributed by atoms with Crippen molar-refractivity contribution in [1.29, 1.82) is 0 Å². The summed E-state index contributed by atoms with van der Waals surface area (Å²) in [5.74, 6) is 0.388. The summed E-state index contributed by atoms with van der Waals surface area (Å²) >= 11 is 6.32. The summed E-state index contributed by atoms with van der Waals surface area (Å²) in [6.07, 6.45) is 3.38. The Bertz CT molecular complexity index is 1660. The summed E-state index contributed by atoms with van der Waals surface area (Å²) in [6, 6.07) is 27.3. The zero-order valence-corrected chi connectivity index (χ0v) is 17.6. The van der Waals surface area contributed by atoms with E-state index in [1.54, 1.807) is 29.1 Å². The lowest BCUT2D eigenvalue weighted by Crippen LogP contribution is -2.14. The highest BCUT2D eigenvalue weighted by Crippen LogP contribution is 2.33. The van der Waals surface area contributed by atoms with Crippen molar-refractivity contribution in [3.8, 4) is 11.4 Å². The van der Waals surface area contributed by atoms with E-state index in [1.807, 2.05) is 60.7 Å². The molecule has 0 amide bonds. The van der Waals surface area contributed by atoms with Gasteiger partial charge in [-0.05, 0) is 34.4 Å². The number of hydrogen-bond donors (Lipinski definition) is 0. The van der Waals surface area contributed by atoms with Gasteiger partial charge in [0.2, 0.25) is 0 Å². The Morgan fingerprint density at radius 2 is 1.53 bits per heavy atom. The molecule has 0 bridgehead atoms. The van der Waals surface area contributed by atoms with E-state index in [9.17, 15) is 4.79 Å². The molecule has 32 heavy (non-hydrogen) atoms. The minimum atomic E-state index is -0.193. The molecule has 0 fully saturated rings. The predicted octanol–water partition coefficient (Wildman–Crippen LogP) is 6.75. The van der Waals surface area contributed by atoms with Gasteiger partial charge in [-0.1, -0.05) is 78.3 Å². The Morgan fingerprint density at radius 3 is 2.41 bits per heavy atom. The second-order valence-corrected chi connectivity index (χ2v) is 8.08. The highest BCUT2D eigenvalue weighted by molar-refractivity contribution is 6.31. The smallest absolute Gasteiger partial charge is 0.266 e. The van der Waals surface area contributed by atoms with Crippen molar-refractivity contribution in [2.24, 2.45) is 0 Å². The van der Waals surface area contributed by atoms with Crippen molar-refractivity contribution in [2.45, 2.75) is 0 Å². The van der Waals surface area contributed by atoms with Crippen LogP contribution in [-0.4, -0.2) is 20.4 Å². The van der Waals surface area contributed by atoms with E-state index >= 15 is 0 Å². The van der Waals surface area contributed by atoms with Gasteiger partial charge in [-0.3, -0.25) is 14.3 Å². The molecule has 0 aliphatic rings. The number of hydrogen-bond acceptors (Lipinski definition) is 3. The molecule has 0 atom stereocenters. The molecule has 0 spiro atoms. The third-order valence-electron chi connectivity index (χ3n) is 5.75. The number of pyridine rings is 1. The fourth-order valence-electron chi connectivity index (χ4n) is 4.26. The minimum absolute atomic E-state index is 0.193. The lowest BCUT2D eigenvalue weighted by Gasteiger charge is -2.12. The van der Waals surface area contributed by atoms with Gasteiger partial charge in [0.05, 0.1) is 16.6 Å². The van der Waals surface area contributed by atoms with Crippen molar-refractivity contribution in [3.63, 3.8) is 0 Å². The molecule has 6 rings (SSSR count). The van der Waals surface area contributed by atoms with Crippen LogP contribution in [-0.2, 0) is 0 Å². The van der Waals surface area contributed by atoms with E-state index in [2.05, 4.69) is 17.1 Å². The van der Waals surface area contributed by atoms with Crippen molar-refractivity contribution in [1.82, 2.24) is 14.5 Å². The first-order chi connectivity index (χ1) is 15.7. The van der Waals surface area contributed by atoms with E-state index in [-0.39, 0.29) is 5.91 Å². The van der Waals surface area contributed by atoms with Gasteiger partial charge in [0.15, 0.2) is 0 Å². The predicted molar refractivity (Wildman–Crippen MR) is 129 cm³/mol. The van der Waals surface area contributed by atoms with Crippen LogP contribution in [0, 0.1) is 0 Å². The molecule has 2 aromatic heterocycles. The number of halogens is 1. The van der Waals surface area contributed by atoms with Gasteiger partial charge in [-0.25, -0.2) is 4.98 Å². The van der Waals surface area contributed by atoms with Crippen LogP contribution < -0.4 is 0 Å². The maximum atomic E-state index is 14.0. The zero-order valence-electron chi connectivity index (χ0n) is 16.9. The van der Waals surface area contributed by atoms with Gasteiger partial charge in [0.1, 0.15) is 5.82 Å². The molecule has 5 heteroatoms. The number of imidazole rings is 1. The van der Waals surface area contributed by atoms with Crippen LogP contribution in [0.2, 0.25) is 5.02 Å². The van der Waals surface area contributed by atoms with E-state index in [0.717, 1.165) is 27.1 Å². The molecule has 0 aliphatic carbocycles. The number of fused-ring (bicyclic) bond motifs is 3. The number of carbonyl (C=O) groups excluding carboxylic acids is 1. The Labute approximate surface area is 188 Å². The lowest BCUT2D eigenvalue weighted by atomic mass is 10.0. The van der Waals surface area contributed by atoms with Crippen LogP contribution >= 0.6 is 11.6 Å². The van der Waals surface area contributed by atoms with E-state index in [4.69, 9.17) is 16.6 Å². The molecule has 4 nitrogen and oxygen atoms in total. The number of carbonyl (C=O) groups is 1. The zero-order chi connectivity index (χ0) is 21.7. The third kappa shape index (κ3) is 2.88. The normalized spacial score (nSPS) is 11.4. The second kappa shape index (κ2) is 7.29.